The summed E-state index contributed by atoms with van der Waals surface area (Å²) in [5.41, 5.74) is 1.69. The van der Waals surface area contributed by atoms with Crippen molar-refractivity contribution in [2.24, 2.45) is 0 Å². The average Bonchev–Trinajstić information content (AvgIpc) is 2.79. The molecule has 0 aliphatic carbocycles. The zero-order valence-corrected chi connectivity index (χ0v) is 18.2. The lowest BCUT2D eigenvalue weighted by Gasteiger charge is -2.35. The largest absolute Gasteiger partial charge is 0.573 e. The van der Waals surface area contributed by atoms with Crippen molar-refractivity contribution in [2.75, 3.05) is 5.32 Å². The van der Waals surface area contributed by atoms with Gasteiger partial charge in [-0.05, 0) is 66.1 Å². The summed E-state index contributed by atoms with van der Waals surface area (Å²) in [7, 11) is -4.17. The molecule has 0 aromatic heterocycles. The van der Waals surface area contributed by atoms with Crippen LogP contribution < -0.4 is 10.1 Å². The maximum absolute atomic E-state index is 13.4. The van der Waals surface area contributed by atoms with Gasteiger partial charge >= 0.3 is 6.36 Å². The van der Waals surface area contributed by atoms with Gasteiger partial charge < -0.3 is 10.1 Å². The maximum Gasteiger partial charge on any atom is 0.573 e. The quantitative estimate of drug-likeness (QED) is 0.531. The number of nitrogens with zero attached hydrogens (tertiary/aromatic N) is 1. The highest BCUT2D eigenvalue weighted by atomic mass is 32.2. The molecule has 11 heteroatoms. The van der Waals surface area contributed by atoms with Crippen molar-refractivity contribution in [2.45, 2.75) is 30.3 Å². The van der Waals surface area contributed by atoms with Crippen LogP contribution in [0.15, 0.2) is 77.7 Å². The maximum atomic E-state index is 13.4. The first-order valence-electron chi connectivity index (χ1n) is 10.0. The van der Waals surface area contributed by atoms with E-state index in [1.807, 2.05) is 0 Å². The van der Waals surface area contributed by atoms with E-state index in [1.54, 1.807) is 24.3 Å². The third kappa shape index (κ3) is 5.20. The van der Waals surface area contributed by atoms with Crippen LogP contribution in [0, 0.1) is 5.82 Å². The van der Waals surface area contributed by atoms with Crippen LogP contribution in [0.5, 0.6) is 5.75 Å². The molecule has 6 nitrogen and oxygen atoms in total. The highest BCUT2D eigenvalue weighted by Gasteiger charge is 2.39. The minimum atomic E-state index is -4.85. The minimum absolute atomic E-state index is 0.0771. The number of hydrogen-bond acceptors (Lipinski definition) is 4. The van der Waals surface area contributed by atoms with Crippen LogP contribution in [-0.2, 0) is 27.8 Å². The molecule has 4 rings (SSSR count). The van der Waals surface area contributed by atoms with Gasteiger partial charge in [0.15, 0.2) is 0 Å². The van der Waals surface area contributed by atoms with Crippen LogP contribution in [0.25, 0.3) is 0 Å². The number of carbonyl (C=O) groups excluding carboxylic acids is 1. The van der Waals surface area contributed by atoms with Gasteiger partial charge in [0.25, 0.3) is 0 Å². The van der Waals surface area contributed by atoms with Gasteiger partial charge in [0.05, 0.1) is 4.90 Å². The summed E-state index contributed by atoms with van der Waals surface area (Å²) in [5.74, 6) is -1.72. The summed E-state index contributed by atoms with van der Waals surface area (Å²) in [6, 6.07) is 14.7. The number of rotatable bonds is 5. The Morgan fingerprint density at radius 2 is 1.56 bits per heavy atom. The molecule has 3 aromatic carbocycles. The molecule has 0 radical (unpaired) electrons. The Bertz CT molecular complexity index is 1290. The SMILES string of the molecule is O=C(Nc1ccc(OC(F)(F)F)cc1)[C@@H]1Cc2ccccc2CN1S(=O)(=O)c1ccc(F)cc1. The number of benzene rings is 3. The molecule has 3 aromatic rings. The fraction of sp³-hybridized carbons (Fsp3) is 0.174. The molecular weight excluding hydrogens is 476 g/mol. The molecule has 1 aliphatic rings. The number of hydrogen-bond donors (Lipinski definition) is 1. The van der Waals surface area contributed by atoms with Crippen molar-refractivity contribution < 1.29 is 35.5 Å². The summed E-state index contributed by atoms with van der Waals surface area (Å²) in [6.45, 7) is -0.0771. The van der Waals surface area contributed by atoms with E-state index in [2.05, 4.69) is 10.1 Å². The first kappa shape index (κ1) is 23.7. The van der Waals surface area contributed by atoms with Gasteiger partial charge in [0, 0.05) is 12.2 Å². The second-order valence-corrected chi connectivity index (χ2v) is 9.44. The van der Waals surface area contributed by atoms with Gasteiger partial charge in [-0.2, -0.15) is 4.31 Å². The van der Waals surface area contributed by atoms with E-state index < -0.39 is 39.9 Å². The fourth-order valence-electron chi connectivity index (χ4n) is 3.68. The molecule has 0 bridgehead atoms. The number of sulfonamides is 1. The van der Waals surface area contributed by atoms with Crippen LogP contribution >= 0.6 is 0 Å². The Labute approximate surface area is 192 Å². The number of anilines is 1. The summed E-state index contributed by atoms with van der Waals surface area (Å²) in [6.07, 6.45) is -4.77. The molecule has 1 N–H and O–H groups in total. The molecule has 0 saturated heterocycles. The molecule has 178 valence electrons. The van der Waals surface area contributed by atoms with Gasteiger partial charge in [-0.1, -0.05) is 24.3 Å². The lowest BCUT2D eigenvalue weighted by Crippen LogP contribution is -2.50. The third-order valence-electron chi connectivity index (χ3n) is 5.28. The summed E-state index contributed by atoms with van der Waals surface area (Å²) in [5, 5.41) is 2.55. The standard InChI is InChI=1S/C23H18F4N2O4S/c24-17-5-11-20(12-6-17)34(31,32)29-14-16-4-2-1-3-15(16)13-21(29)22(30)28-18-7-9-19(10-8-18)33-23(25,26)27/h1-12,21H,13-14H2,(H,28,30)/t21-/m0/s1. The number of fused-ring (bicyclic) bond motifs is 1. The van der Waals surface area contributed by atoms with Gasteiger partial charge in [0.2, 0.25) is 15.9 Å². The fourth-order valence-corrected chi connectivity index (χ4v) is 5.25. The number of nitrogens with one attached hydrogen (secondary N) is 1. The Balaban J connectivity index is 1.62. The molecule has 0 unspecified atom stereocenters. The number of carbonyl (C=O) groups is 1. The lowest BCUT2D eigenvalue weighted by molar-refractivity contribution is -0.274. The second-order valence-electron chi connectivity index (χ2n) is 7.55. The number of alkyl halides is 3. The van der Waals surface area contributed by atoms with E-state index in [0.717, 1.165) is 51.8 Å². The normalized spacial score (nSPS) is 16.5. The van der Waals surface area contributed by atoms with Crippen molar-refractivity contribution in [1.29, 1.82) is 0 Å². The van der Waals surface area contributed by atoms with Crippen molar-refractivity contribution in [1.82, 2.24) is 4.31 Å². The lowest BCUT2D eigenvalue weighted by atomic mass is 9.95. The molecule has 0 saturated carbocycles. The third-order valence-corrected chi connectivity index (χ3v) is 7.15. The first-order chi connectivity index (χ1) is 16.0. The Hall–Kier alpha value is -3.44. The molecular formula is C23H18F4N2O4S. The average molecular weight is 494 g/mol. The molecule has 0 spiro atoms. The van der Waals surface area contributed by atoms with Crippen LogP contribution in [0.3, 0.4) is 0 Å². The zero-order chi connectivity index (χ0) is 24.5. The van der Waals surface area contributed by atoms with Gasteiger partial charge in [-0.25, -0.2) is 12.8 Å². The van der Waals surface area contributed by atoms with Crippen LogP contribution in [0.4, 0.5) is 23.2 Å². The molecule has 1 heterocycles. The highest BCUT2D eigenvalue weighted by molar-refractivity contribution is 7.89. The van der Waals surface area contributed by atoms with Gasteiger partial charge in [-0.15, -0.1) is 13.2 Å². The van der Waals surface area contributed by atoms with E-state index in [-0.39, 0.29) is 23.5 Å². The first-order valence-corrected chi connectivity index (χ1v) is 11.5. The zero-order valence-electron chi connectivity index (χ0n) is 17.4. The van der Waals surface area contributed by atoms with Crippen molar-refractivity contribution >= 4 is 21.6 Å². The Kier molecular flexibility index (Phi) is 6.32. The molecule has 1 amide bonds. The summed E-state index contributed by atoms with van der Waals surface area (Å²) in [4.78, 5) is 13.0. The van der Waals surface area contributed by atoms with E-state index in [0.29, 0.717) is 0 Å². The highest BCUT2D eigenvalue weighted by Crippen LogP contribution is 2.30. The second kappa shape index (κ2) is 9.07. The van der Waals surface area contributed by atoms with Gasteiger partial charge in [0.1, 0.15) is 17.6 Å². The van der Waals surface area contributed by atoms with Crippen LogP contribution in [0.2, 0.25) is 0 Å². The molecule has 0 fully saturated rings. The smallest absolute Gasteiger partial charge is 0.406 e. The predicted octanol–water partition coefficient (Wildman–Crippen LogP) is 4.48. The van der Waals surface area contributed by atoms with E-state index in [4.69, 9.17) is 0 Å². The Morgan fingerprint density at radius 1 is 0.941 bits per heavy atom. The van der Waals surface area contributed by atoms with Crippen LogP contribution in [0.1, 0.15) is 11.1 Å². The van der Waals surface area contributed by atoms with E-state index in [1.165, 1.54) is 12.1 Å². The number of ether oxygens (including phenoxy) is 1. The van der Waals surface area contributed by atoms with Crippen molar-refractivity contribution in [3.05, 3.63) is 89.7 Å². The summed E-state index contributed by atoms with van der Waals surface area (Å²) < 4.78 is 82.0. The topological polar surface area (TPSA) is 75.7 Å². The minimum Gasteiger partial charge on any atom is -0.406 e. The molecule has 1 atom stereocenters. The van der Waals surface area contributed by atoms with Gasteiger partial charge in [-0.3, -0.25) is 4.79 Å². The Morgan fingerprint density at radius 3 is 2.18 bits per heavy atom. The number of halogens is 4. The number of amides is 1. The van der Waals surface area contributed by atoms with E-state index in [9.17, 15) is 30.8 Å². The van der Waals surface area contributed by atoms with Crippen molar-refractivity contribution in [3.63, 3.8) is 0 Å². The van der Waals surface area contributed by atoms with Crippen LogP contribution in [-0.4, -0.2) is 31.0 Å². The van der Waals surface area contributed by atoms with Crippen molar-refractivity contribution in [3.8, 4) is 5.75 Å². The molecule has 34 heavy (non-hydrogen) atoms. The molecule has 1 aliphatic heterocycles. The predicted molar refractivity (Wildman–Crippen MR) is 115 cm³/mol. The monoisotopic (exact) mass is 494 g/mol. The van der Waals surface area contributed by atoms with E-state index >= 15 is 0 Å². The summed E-state index contributed by atoms with van der Waals surface area (Å²) >= 11 is 0.